The van der Waals surface area contributed by atoms with Crippen LogP contribution in [0.25, 0.3) is 0 Å². The van der Waals surface area contributed by atoms with Crippen molar-refractivity contribution < 1.29 is 28.5 Å². The zero-order valence-corrected chi connectivity index (χ0v) is 21.0. The van der Waals surface area contributed by atoms with Gasteiger partial charge in [0.1, 0.15) is 11.5 Å². The van der Waals surface area contributed by atoms with Gasteiger partial charge in [0.25, 0.3) is 0 Å². The van der Waals surface area contributed by atoms with Crippen molar-refractivity contribution in [2.45, 2.75) is 79.1 Å². The zero-order valence-electron chi connectivity index (χ0n) is 21.0. The van der Waals surface area contributed by atoms with E-state index < -0.39 is 0 Å². The molecule has 1 rings (SSSR count). The summed E-state index contributed by atoms with van der Waals surface area (Å²) in [5.74, 6) is 1.22. The predicted octanol–water partition coefficient (Wildman–Crippen LogP) is 5.54. The molecule has 0 radical (unpaired) electrons. The standard InChI is InChI=1S/C26H43NO6/c1-5-27(6-2)24-19-25(32-17-13-9-7-11-15-30-22(3)28)21-26(20-24)33-18-14-10-8-12-16-31-23(4)29/h19-21H,5-18H2,1-4H3. The van der Waals surface area contributed by atoms with E-state index in [0.29, 0.717) is 26.4 Å². The highest BCUT2D eigenvalue weighted by Crippen LogP contribution is 2.29. The van der Waals surface area contributed by atoms with E-state index in [9.17, 15) is 9.59 Å². The molecule has 7 nitrogen and oxygen atoms in total. The van der Waals surface area contributed by atoms with Crippen molar-refractivity contribution in [1.82, 2.24) is 0 Å². The largest absolute Gasteiger partial charge is 0.493 e. The summed E-state index contributed by atoms with van der Waals surface area (Å²) in [6, 6.07) is 6.12. The van der Waals surface area contributed by atoms with Crippen LogP contribution in [0.4, 0.5) is 5.69 Å². The summed E-state index contributed by atoms with van der Waals surface area (Å²) < 4.78 is 22.0. The quantitative estimate of drug-likeness (QED) is 0.196. The number of benzene rings is 1. The van der Waals surface area contributed by atoms with Crippen LogP contribution < -0.4 is 14.4 Å². The Morgan fingerprint density at radius 2 is 1.03 bits per heavy atom. The molecule has 1 aromatic rings. The maximum Gasteiger partial charge on any atom is 0.302 e. The average molecular weight is 466 g/mol. The van der Waals surface area contributed by atoms with Gasteiger partial charge in [-0.1, -0.05) is 0 Å². The molecule has 0 saturated carbocycles. The molecule has 0 fully saturated rings. The van der Waals surface area contributed by atoms with Crippen LogP contribution in [0.2, 0.25) is 0 Å². The van der Waals surface area contributed by atoms with Gasteiger partial charge >= 0.3 is 11.9 Å². The van der Waals surface area contributed by atoms with Gasteiger partial charge in [0.15, 0.2) is 0 Å². The Morgan fingerprint density at radius 1 is 0.636 bits per heavy atom. The summed E-state index contributed by atoms with van der Waals surface area (Å²) >= 11 is 0. The van der Waals surface area contributed by atoms with Gasteiger partial charge in [-0.05, 0) is 65.2 Å². The number of anilines is 1. The molecular weight excluding hydrogens is 422 g/mol. The highest BCUT2D eigenvalue weighted by Gasteiger charge is 2.08. The molecular formula is C26H43NO6. The van der Waals surface area contributed by atoms with E-state index in [4.69, 9.17) is 18.9 Å². The first-order valence-corrected chi connectivity index (χ1v) is 12.4. The molecule has 0 amide bonds. The van der Waals surface area contributed by atoms with Gasteiger partial charge in [0, 0.05) is 50.8 Å². The molecule has 0 N–H and O–H groups in total. The number of carbonyl (C=O) groups is 2. The Morgan fingerprint density at radius 3 is 1.39 bits per heavy atom. The zero-order chi connectivity index (χ0) is 24.3. The van der Waals surface area contributed by atoms with E-state index >= 15 is 0 Å². The number of unbranched alkanes of at least 4 members (excludes halogenated alkanes) is 6. The topological polar surface area (TPSA) is 74.3 Å². The monoisotopic (exact) mass is 465 g/mol. The lowest BCUT2D eigenvalue weighted by Gasteiger charge is -2.23. The van der Waals surface area contributed by atoms with Crippen molar-refractivity contribution in [3.8, 4) is 11.5 Å². The minimum atomic E-state index is -0.219. The van der Waals surface area contributed by atoms with E-state index in [1.165, 1.54) is 13.8 Å². The molecule has 0 unspecified atom stereocenters. The highest BCUT2D eigenvalue weighted by molar-refractivity contribution is 5.66. The molecule has 0 aromatic heterocycles. The number of hydrogen-bond acceptors (Lipinski definition) is 7. The van der Waals surface area contributed by atoms with Gasteiger partial charge in [-0.15, -0.1) is 0 Å². The molecule has 188 valence electrons. The first-order chi connectivity index (χ1) is 16.0. The van der Waals surface area contributed by atoms with Crippen molar-refractivity contribution in [3.05, 3.63) is 18.2 Å². The maximum absolute atomic E-state index is 10.8. The average Bonchev–Trinajstić information content (AvgIpc) is 2.78. The first-order valence-electron chi connectivity index (χ1n) is 12.4. The van der Waals surface area contributed by atoms with Gasteiger partial charge < -0.3 is 23.8 Å². The van der Waals surface area contributed by atoms with E-state index in [0.717, 1.165) is 81.6 Å². The van der Waals surface area contributed by atoms with Crippen LogP contribution in [-0.2, 0) is 19.1 Å². The molecule has 0 aliphatic rings. The van der Waals surface area contributed by atoms with Crippen LogP contribution in [0.3, 0.4) is 0 Å². The fourth-order valence-corrected chi connectivity index (χ4v) is 3.42. The number of carbonyl (C=O) groups excluding carboxylic acids is 2. The van der Waals surface area contributed by atoms with Gasteiger partial charge in [0.05, 0.1) is 26.4 Å². The van der Waals surface area contributed by atoms with Gasteiger partial charge in [-0.2, -0.15) is 0 Å². The number of hydrogen-bond donors (Lipinski definition) is 0. The number of esters is 2. The summed E-state index contributed by atoms with van der Waals surface area (Å²) in [6.07, 6.45) is 7.81. The van der Waals surface area contributed by atoms with Gasteiger partial charge in [0.2, 0.25) is 0 Å². The minimum absolute atomic E-state index is 0.219. The predicted molar refractivity (Wildman–Crippen MR) is 131 cm³/mol. The number of nitrogens with zero attached hydrogens (tertiary/aromatic N) is 1. The third-order valence-electron chi connectivity index (χ3n) is 5.22. The Kier molecular flexibility index (Phi) is 15.6. The first kappa shape index (κ1) is 28.6. The molecule has 0 aliphatic carbocycles. The Labute approximate surface area is 199 Å². The van der Waals surface area contributed by atoms with Crippen LogP contribution >= 0.6 is 0 Å². The number of ether oxygens (including phenoxy) is 4. The second-order valence-corrected chi connectivity index (χ2v) is 8.04. The molecule has 7 heteroatoms. The number of rotatable bonds is 19. The second kappa shape index (κ2) is 18.0. The van der Waals surface area contributed by atoms with Crippen LogP contribution in [0.1, 0.15) is 79.1 Å². The molecule has 0 heterocycles. The van der Waals surface area contributed by atoms with E-state index in [2.05, 4.69) is 30.9 Å². The molecule has 0 aliphatic heterocycles. The van der Waals surface area contributed by atoms with Gasteiger partial charge in [-0.25, -0.2) is 0 Å². The Bertz CT molecular complexity index is 626. The fraction of sp³-hybridized carbons (Fsp3) is 0.692. The summed E-state index contributed by atoms with van der Waals surface area (Å²) in [6.45, 7) is 11.3. The molecule has 0 spiro atoms. The van der Waals surface area contributed by atoms with Crippen molar-refractivity contribution in [2.75, 3.05) is 44.4 Å². The summed E-state index contributed by atoms with van der Waals surface area (Å²) in [5.41, 5.74) is 1.11. The molecule has 0 saturated heterocycles. The SMILES string of the molecule is CCN(CC)c1cc(OCCCCCCOC(C)=O)cc(OCCCCCCOC(C)=O)c1. The lowest BCUT2D eigenvalue weighted by molar-refractivity contribution is -0.142. The summed E-state index contributed by atoms with van der Waals surface area (Å²) in [7, 11) is 0. The third kappa shape index (κ3) is 14.3. The lowest BCUT2D eigenvalue weighted by atomic mass is 10.2. The van der Waals surface area contributed by atoms with E-state index in [1.807, 2.05) is 6.07 Å². The molecule has 0 bridgehead atoms. The second-order valence-electron chi connectivity index (χ2n) is 8.04. The van der Waals surface area contributed by atoms with E-state index in [1.54, 1.807) is 0 Å². The van der Waals surface area contributed by atoms with Crippen molar-refractivity contribution >= 4 is 17.6 Å². The molecule has 33 heavy (non-hydrogen) atoms. The third-order valence-corrected chi connectivity index (χ3v) is 5.22. The van der Waals surface area contributed by atoms with Crippen LogP contribution in [-0.4, -0.2) is 51.5 Å². The lowest BCUT2D eigenvalue weighted by Crippen LogP contribution is -2.21. The summed E-state index contributed by atoms with van der Waals surface area (Å²) in [5, 5.41) is 0. The highest BCUT2D eigenvalue weighted by atomic mass is 16.5. The van der Waals surface area contributed by atoms with Crippen LogP contribution in [0.15, 0.2) is 18.2 Å². The summed E-state index contributed by atoms with van der Waals surface area (Å²) in [4.78, 5) is 23.8. The van der Waals surface area contributed by atoms with Gasteiger partial charge in [-0.3, -0.25) is 9.59 Å². The minimum Gasteiger partial charge on any atom is -0.493 e. The maximum atomic E-state index is 10.8. The smallest absolute Gasteiger partial charge is 0.302 e. The Balaban J connectivity index is 2.44. The van der Waals surface area contributed by atoms with Crippen LogP contribution in [0.5, 0.6) is 11.5 Å². The van der Waals surface area contributed by atoms with E-state index in [-0.39, 0.29) is 11.9 Å². The Hall–Kier alpha value is -2.44. The van der Waals surface area contributed by atoms with Crippen molar-refractivity contribution in [1.29, 1.82) is 0 Å². The normalized spacial score (nSPS) is 10.5. The van der Waals surface area contributed by atoms with Crippen molar-refractivity contribution in [3.63, 3.8) is 0 Å². The van der Waals surface area contributed by atoms with Crippen molar-refractivity contribution in [2.24, 2.45) is 0 Å². The fourth-order valence-electron chi connectivity index (χ4n) is 3.42. The molecule has 0 atom stereocenters. The van der Waals surface area contributed by atoms with Crippen LogP contribution in [0, 0.1) is 0 Å². The molecule has 1 aromatic carbocycles.